The molecule has 2 amide bonds. The lowest BCUT2D eigenvalue weighted by Gasteiger charge is -2.15. The quantitative estimate of drug-likeness (QED) is 0.535. The smallest absolute Gasteiger partial charge is 0.254 e. The normalized spacial score (nSPS) is 11.8. The second kappa shape index (κ2) is 7.72. The van der Waals surface area contributed by atoms with Gasteiger partial charge in [0.1, 0.15) is 6.04 Å². The Labute approximate surface area is 122 Å². The predicted octanol–water partition coefficient (Wildman–Crippen LogP) is 0.803. The number of nitrogen functional groups attached to an aromatic ring is 1. The van der Waals surface area contributed by atoms with Crippen molar-refractivity contribution in [1.29, 1.82) is 0 Å². The first-order chi connectivity index (χ1) is 9.47. The molecule has 1 unspecified atom stereocenters. The van der Waals surface area contributed by atoms with Crippen LogP contribution in [-0.4, -0.2) is 38.1 Å². The number of halogens is 1. The molecule has 0 heterocycles. The molecule has 7 heteroatoms. The van der Waals surface area contributed by atoms with Gasteiger partial charge >= 0.3 is 0 Å². The van der Waals surface area contributed by atoms with Crippen molar-refractivity contribution < 1.29 is 14.3 Å². The number of nitrogens with two attached hydrogens (primary N) is 1. The van der Waals surface area contributed by atoms with Gasteiger partial charge in [-0.2, -0.15) is 0 Å². The highest BCUT2D eigenvalue weighted by atomic mass is 35.5. The molecule has 4 N–H and O–H groups in total. The van der Waals surface area contributed by atoms with Gasteiger partial charge < -0.3 is 21.1 Å². The third-order valence-corrected chi connectivity index (χ3v) is 2.97. The van der Waals surface area contributed by atoms with E-state index in [-0.39, 0.29) is 17.2 Å². The zero-order valence-corrected chi connectivity index (χ0v) is 12.2. The van der Waals surface area contributed by atoms with Gasteiger partial charge in [0.05, 0.1) is 22.9 Å². The summed E-state index contributed by atoms with van der Waals surface area (Å²) >= 11 is 5.84. The van der Waals surface area contributed by atoms with Gasteiger partial charge in [0.25, 0.3) is 5.91 Å². The Morgan fingerprint density at radius 3 is 2.80 bits per heavy atom. The zero-order valence-electron chi connectivity index (χ0n) is 11.4. The second-order valence-electron chi connectivity index (χ2n) is 4.18. The lowest BCUT2D eigenvalue weighted by molar-refractivity contribution is -0.122. The van der Waals surface area contributed by atoms with Crippen molar-refractivity contribution in [2.75, 3.05) is 26.0 Å². The summed E-state index contributed by atoms with van der Waals surface area (Å²) in [7, 11) is 1.54. The van der Waals surface area contributed by atoms with E-state index in [1.54, 1.807) is 32.2 Å². The van der Waals surface area contributed by atoms with E-state index < -0.39 is 11.9 Å². The summed E-state index contributed by atoms with van der Waals surface area (Å²) in [6.45, 7) is 2.38. The van der Waals surface area contributed by atoms with Gasteiger partial charge in [0.15, 0.2) is 0 Å². The number of anilines is 1. The van der Waals surface area contributed by atoms with Crippen molar-refractivity contribution in [2.24, 2.45) is 0 Å². The van der Waals surface area contributed by atoms with Crippen molar-refractivity contribution >= 4 is 29.1 Å². The van der Waals surface area contributed by atoms with Crippen LogP contribution in [-0.2, 0) is 9.53 Å². The fourth-order valence-electron chi connectivity index (χ4n) is 1.50. The first-order valence-corrected chi connectivity index (χ1v) is 6.46. The standard InChI is InChI=1S/C13H18ClN3O3/c1-8(12(18)16-6-7-20-2)17-13(19)9-4-3-5-10(14)11(9)15/h3-5,8H,6-7,15H2,1-2H3,(H,16,18)(H,17,19). The van der Waals surface area contributed by atoms with Crippen LogP contribution in [0.5, 0.6) is 0 Å². The Bertz CT molecular complexity index is 494. The van der Waals surface area contributed by atoms with Crippen LogP contribution in [0.1, 0.15) is 17.3 Å². The summed E-state index contributed by atoms with van der Waals surface area (Å²) in [6.07, 6.45) is 0. The van der Waals surface area contributed by atoms with Crippen LogP contribution < -0.4 is 16.4 Å². The molecule has 1 aromatic carbocycles. The number of para-hydroxylation sites is 1. The van der Waals surface area contributed by atoms with E-state index in [9.17, 15) is 9.59 Å². The topological polar surface area (TPSA) is 93.5 Å². The maximum atomic E-state index is 12.0. The van der Waals surface area contributed by atoms with E-state index in [1.807, 2.05) is 0 Å². The SMILES string of the molecule is COCCNC(=O)C(C)NC(=O)c1cccc(Cl)c1N. The summed E-state index contributed by atoms with van der Waals surface area (Å²) in [6, 6.07) is 4.08. The molecule has 1 aromatic rings. The molecule has 0 spiro atoms. The number of methoxy groups -OCH3 is 1. The van der Waals surface area contributed by atoms with E-state index in [2.05, 4.69) is 10.6 Å². The van der Waals surface area contributed by atoms with Crippen molar-refractivity contribution in [2.45, 2.75) is 13.0 Å². The van der Waals surface area contributed by atoms with E-state index in [1.165, 1.54) is 0 Å². The molecular formula is C13H18ClN3O3. The van der Waals surface area contributed by atoms with Crippen LogP contribution in [0.4, 0.5) is 5.69 Å². The molecule has 6 nitrogen and oxygen atoms in total. The molecule has 0 saturated heterocycles. The van der Waals surface area contributed by atoms with E-state index in [0.717, 1.165) is 0 Å². The maximum Gasteiger partial charge on any atom is 0.254 e. The summed E-state index contributed by atoms with van der Waals surface area (Å²) in [5.41, 5.74) is 6.16. The fraction of sp³-hybridized carbons (Fsp3) is 0.385. The number of hydrogen-bond donors (Lipinski definition) is 3. The number of nitrogens with one attached hydrogen (secondary N) is 2. The van der Waals surface area contributed by atoms with Crippen LogP contribution in [0, 0.1) is 0 Å². The molecule has 0 bridgehead atoms. The third kappa shape index (κ3) is 4.40. The molecule has 0 aliphatic heterocycles. The number of amides is 2. The highest BCUT2D eigenvalue weighted by molar-refractivity contribution is 6.34. The molecule has 0 saturated carbocycles. The van der Waals surface area contributed by atoms with Gasteiger partial charge in [-0.15, -0.1) is 0 Å². The Morgan fingerprint density at radius 1 is 1.45 bits per heavy atom. The predicted molar refractivity (Wildman–Crippen MR) is 77.7 cm³/mol. The molecule has 110 valence electrons. The number of ether oxygens (including phenoxy) is 1. The van der Waals surface area contributed by atoms with Crippen LogP contribution >= 0.6 is 11.6 Å². The highest BCUT2D eigenvalue weighted by Crippen LogP contribution is 2.22. The molecular weight excluding hydrogens is 282 g/mol. The average Bonchev–Trinajstić information content (AvgIpc) is 2.41. The third-order valence-electron chi connectivity index (χ3n) is 2.64. The molecule has 0 aliphatic carbocycles. The van der Waals surface area contributed by atoms with Crippen LogP contribution in [0.2, 0.25) is 5.02 Å². The summed E-state index contributed by atoms with van der Waals surface area (Å²) in [5.74, 6) is -0.740. The fourth-order valence-corrected chi connectivity index (χ4v) is 1.68. The Hall–Kier alpha value is -1.79. The van der Waals surface area contributed by atoms with E-state index in [4.69, 9.17) is 22.1 Å². The van der Waals surface area contributed by atoms with Crippen molar-refractivity contribution in [3.8, 4) is 0 Å². The van der Waals surface area contributed by atoms with Gasteiger partial charge in [0, 0.05) is 13.7 Å². The first kappa shape index (κ1) is 16.3. The summed E-state index contributed by atoms with van der Waals surface area (Å²) in [4.78, 5) is 23.7. The molecule has 1 atom stereocenters. The Kier molecular flexibility index (Phi) is 6.27. The first-order valence-electron chi connectivity index (χ1n) is 6.09. The van der Waals surface area contributed by atoms with Crippen molar-refractivity contribution in [3.05, 3.63) is 28.8 Å². The molecule has 0 radical (unpaired) electrons. The zero-order chi connectivity index (χ0) is 15.1. The number of hydrogen-bond acceptors (Lipinski definition) is 4. The molecule has 0 fully saturated rings. The van der Waals surface area contributed by atoms with Gasteiger partial charge in [-0.1, -0.05) is 17.7 Å². The molecule has 0 aliphatic rings. The lowest BCUT2D eigenvalue weighted by Crippen LogP contribution is -2.45. The minimum atomic E-state index is -0.683. The van der Waals surface area contributed by atoms with Gasteiger partial charge in [0.2, 0.25) is 5.91 Å². The largest absolute Gasteiger partial charge is 0.397 e. The van der Waals surface area contributed by atoms with Gasteiger partial charge in [-0.05, 0) is 19.1 Å². The number of rotatable bonds is 6. The molecule has 20 heavy (non-hydrogen) atoms. The van der Waals surface area contributed by atoms with E-state index >= 15 is 0 Å². The summed E-state index contributed by atoms with van der Waals surface area (Å²) in [5, 5.41) is 5.49. The maximum absolute atomic E-state index is 12.0. The Balaban J connectivity index is 2.61. The van der Waals surface area contributed by atoms with Gasteiger partial charge in [-0.3, -0.25) is 9.59 Å². The number of carbonyl (C=O) groups excluding carboxylic acids is 2. The second-order valence-corrected chi connectivity index (χ2v) is 4.59. The van der Waals surface area contributed by atoms with Crippen LogP contribution in [0.25, 0.3) is 0 Å². The number of carbonyl (C=O) groups is 2. The number of benzene rings is 1. The van der Waals surface area contributed by atoms with Crippen LogP contribution in [0.15, 0.2) is 18.2 Å². The Morgan fingerprint density at radius 2 is 2.15 bits per heavy atom. The monoisotopic (exact) mass is 299 g/mol. The van der Waals surface area contributed by atoms with Gasteiger partial charge in [-0.25, -0.2) is 0 Å². The van der Waals surface area contributed by atoms with Crippen molar-refractivity contribution in [3.63, 3.8) is 0 Å². The van der Waals surface area contributed by atoms with Crippen LogP contribution in [0.3, 0.4) is 0 Å². The molecule has 1 rings (SSSR count). The van der Waals surface area contributed by atoms with Crippen molar-refractivity contribution in [1.82, 2.24) is 10.6 Å². The van der Waals surface area contributed by atoms with E-state index in [0.29, 0.717) is 18.2 Å². The highest BCUT2D eigenvalue weighted by Gasteiger charge is 2.18. The minimum Gasteiger partial charge on any atom is -0.397 e. The average molecular weight is 300 g/mol. The summed E-state index contributed by atoms with van der Waals surface area (Å²) < 4.78 is 4.82. The minimum absolute atomic E-state index is 0.193. The lowest BCUT2D eigenvalue weighted by atomic mass is 10.1. The molecule has 0 aromatic heterocycles.